The van der Waals surface area contributed by atoms with E-state index < -0.39 is 10.0 Å². The monoisotopic (exact) mass is 379 g/mol. The summed E-state index contributed by atoms with van der Waals surface area (Å²) in [5.41, 5.74) is 3.71. The van der Waals surface area contributed by atoms with Crippen LogP contribution in [0.25, 0.3) is 0 Å². The lowest BCUT2D eigenvalue weighted by atomic mass is 9.77. The second-order valence-corrected chi connectivity index (χ2v) is 8.67. The molecule has 1 aliphatic rings. The molecule has 7 heteroatoms. The van der Waals surface area contributed by atoms with Crippen LogP contribution in [0.1, 0.15) is 54.4 Å². The Morgan fingerprint density at radius 1 is 1.23 bits per heavy atom. The van der Waals surface area contributed by atoms with E-state index in [1.807, 2.05) is 19.9 Å². The average Bonchev–Trinajstić information content (AvgIpc) is 2.49. The molecule has 0 radical (unpaired) electrons. The van der Waals surface area contributed by atoms with Gasteiger partial charge in [0, 0.05) is 19.3 Å². The van der Waals surface area contributed by atoms with Crippen LogP contribution in [0.2, 0.25) is 0 Å². The Hall–Kier alpha value is -2.15. The van der Waals surface area contributed by atoms with E-state index in [4.69, 9.17) is 0 Å². The molecule has 1 atom stereocenters. The number of nitrogens with one attached hydrogen (secondary N) is 1. The van der Waals surface area contributed by atoms with Gasteiger partial charge in [0.05, 0.1) is 17.5 Å². The largest absolute Gasteiger partial charge is 0.511 e. The number of rotatable bonds is 5. The number of carbonyl (C=O) groups excluding carboxylic acids is 2. The Morgan fingerprint density at radius 3 is 2.35 bits per heavy atom. The molecule has 2 rings (SSSR count). The van der Waals surface area contributed by atoms with Crippen LogP contribution in [0.15, 0.2) is 17.4 Å². The smallest absolute Gasteiger partial charge is 0.229 e. The van der Waals surface area contributed by atoms with E-state index in [1.165, 1.54) is 0 Å². The van der Waals surface area contributed by atoms with Crippen molar-refractivity contribution in [2.24, 2.45) is 0 Å². The minimum Gasteiger partial charge on any atom is -0.511 e. The molecule has 1 aromatic rings. The number of sulfonamides is 1. The van der Waals surface area contributed by atoms with Gasteiger partial charge in [0.15, 0.2) is 11.6 Å². The zero-order valence-corrected chi connectivity index (χ0v) is 16.6. The summed E-state index contributed by atoms with van der Waals surface area (Å²) in [6, 6.07) is 1.87. The van der Waals surface area contributed by atoms with E-state index in [9.17, 15) is 23.1 Å². The summed E-state index contributed by atoms with van der Waals surface area (Å²) >= 11 is 0. The maximum absolute atomic E-state index is 12.4. The highest BCUT2D eigenvalue weighted by Crippen LogP contribution is 2.40. The molecule has 0 aliphatic heterocycles. The van der Waals surface area contributed by atoms with Crippen molar-refractivity contribution in [2.75, 3.05) is 11.0 Å². The second-order valence-electron chi connectivity index (χ2n) is 6.93. The number of benzene rings is 1. The Balaban J connectivity index is 2.54. The number of ketones is 2. The lowest BCUT2D eigenvalue weighted by Gasteiger charge is -2.27. The van der Waals surface area contributed by atoms with Crippen LogP contribution < -0.4 is 4.72 Å². The van der Waals surface area contributed by atoms with Crippen molar-refractivity contribution in [3.63, 3.8) is 0 Å². The van der Waals surface area contributed by atoms with Gasteiger partial charge in [0.1, 0.15) is 5.76 Å². The third kappa shape index (κ3) is 3.98. The van der Waals surface area contributed by atoms with Crippen LogP contribution in [0.3, 0.4) is 0 Å². The fourth-order valence-electron chi connectivity index (χ4n) is 3.76. The number of hydrogen-bond donors (Lipinski definition) is 2. The van der Waals surface area contributed by atoms with Gasteiger partial charge in [-0.15, -0.1) is 0 Å². The van der Waals surface area contributed by atoms with Gasteiger partial charge >= 0.3 is 0 Å². The third-order valence-corrected chi connectivity index (χ3v) is 5.34. The Kier molecular flexibility index (Phi) is 5.61. The van der Waals surface area contributed by atoms with E-state index in [1.54, 1.807) is 13.8 Å². The van der Waals surface area contributed by atoms with Gasteiger partial charge in [-0.05, 0) is 48.9 Å². The number of allylic oxidation sites excluding steroid dienone is 2. The van der Waals surface area contributed by atoms with Crippen molar-refractivity contribution in [2.45, 2.75) is 52.9 Å². The number of aliphatic hydroxyl groups is 1. The molecule has 0 amide bonds. The molecule has 142 valence electrons. The molecule has 6 nitrogen and oxygen atoms in total. The average molecular weight is 379 g/mol. The summed E-state index contributed by atoms with van der Waals surface area (Å²) < 4.78 is 25.9. The highest BCUT2D eigenvalue weighted by Gasteiger charge is 2.33. The minimum absolute atomic E-state index is 0.0827. The first-order chi connectivity index (χ1) is 12.0. The number of Topliss-reactive ketones (excluding diaryl/α,β-unsaturated/α-hetero) is 2. The molecule has 2 N–H and O–H groups in total. The molecule has 1 aromatic carbocycles. The topological polar surface area (TPSA) is 101 Å². The lowest BCUT2D eigenvalue weighted by Crippen LogP contribution is -2.24. The molecule has 0 saturated heterocycles. The maximum atomic E-state index is 12.4. The Morgan fingerprint density at radius 2 is 1.85 bits per heavy atom. The number of anilines is 1. The van der Waals surface area contributed by atoms with Crippen LogP contribution in [-0.2, 0) is 19.6 Å². The molecule has 0 fully saturated rings. The third-order valence-electron chi connectivity index (χ3n) is 4.77. The summed E-state index contributed by atoms with van der Waals surface area (Å²) in [7, 11) is -3.45. The first-order valence-electron chi connectivity index (χ1n) is 8.53. The van der Waals surface area contributed by atoms with Crippen molar-refractivity contribution in [3.8, 4) is 0 Å². The highest BCUT2D eigenvalue weighted by molar-refractivity contribution is 7.92. The number of carbonyl (C=O) groups is 2. The summed E-state index contributed by atoms with van der Waals surface area (Å²) in [4.78, 5) is 24.3. The number of hydrogen-bond acceptors (Lipinski definition) is 5. The number of aliphatic hydroxyl groups excluding tert-OH is 1. The summed E-state index contributed by atoms with van der Waals surface area (Å²) in [6.07, 6.45) is 1.57. The SMILES string of the molecule is CCC(=O)C1=C(O)CC(c2c(C)cc(C)c(NS(C)(=O)=O)c2C)CC1=O. The van der Waals surface area contributed by atoms with Gasteiger partial charge in [-0.25, -0.2) is 8.42 Å². The Bertz CT molecular complexity index is 912. The number of aryl methyl sites for hydroxylation is 2. The van der Waals surface area contributed by atoms with E-state index in [-0.39, 0.29) is 48.1 Å². The zero-order valence-electron chi connectivity index (χ0n) is 15.8. The van der Waals surface area contributed by atoms with Gasteiger partial charge in [-0.1, -0.05) is 13.0 Å². The van der Waals surface area contributed by atoms with E-state index in [0.29, 0.717) is 5.69 Å². The molecule has 1 unspecified atom stereocenters. The van der Waals surface area contributed by atoms with Crippen LogP contribution in [-0.4, -0.2) is 31.3 Å². The van der Waals surface area contributed by atoms with E-state index in [2.05, 4.69) is 4.72 Å². The molecule has 0 bridgehead atoms. The van der Waals surface area contributed by atoms with Gasteiger partial charge < -0.3 is 5.11 Å². The van der Waals surface area contributed by atoms with Crippen molar-refractivity contribution in [1.29, 1.82) is 0 Å². The Labute approximate surface area is 154 Å². The molecular weight excluding hydrogens is 354 g/mol. The quantitative estimate of drug-likeness (QED) is 0.765. The summed E-state index contributed by atoms with van der Waals surface area (Å²) in [5, 5.41) is 10.3. The summed E-state index contributed by atoms with van der Waals surface area (Å²) in [5.74, 6) is -1.17. The molecule has 26 heavy (non-hydrogen) atoms. The zero-order chi connectivity index (χ0) is 19.8. The fraction of sp³-hybridized carbons (Fsp3) is 0.474. The van der Waals surface area contributed by atoms with Crippen LogP contribution in [0, 0.1) is 20.8 Å². The molecule has 0 aromatic heterocycles. The van der Waals surface area contributed by atoms with Gasteiger partial charge in [-0.2, -0.15) is 0 Å². The van der Waals surface area contributed by atoms with E-state index in [0.717, 1.165) is 28.5 Å². The lowest BCUT2D eigenvalue weighted by molar-refractivity contribution is -0.122. The molecule has 0 heterocycles. The molecule has 0 spiro atoms. The standard InChI is InChI=1S/C19H25NO5S/c1-6-14(21)18-15(22)8-13(9-16(18)23)17-10(2)7-11(3)19(12(17)4)20-26(5,24)25/h7,13,20,22H,6,8-9H2,1-5H3. The highest BCUT2D eigenvalue weighted by atomic mass is 32.2. The molecular formula is C19H25NO5S. The van der Waals surface area contributed by atoms with Crippen LogP contribution >= 0.6 is 0 Å². The maximum Gasteiger partial charge on any atom is 0.229 e. The first kappa shape index (κ1) is 20.2. The normalized spacial score (nSPS) is 18.2. The van der Waals surface area contributed by atoms with E-state index >= 15 is 0 Å². The van der Waals surface area contributed by atoms with Gasteiger partial charge in [-0.3, -0.25) is 14.3 Å². The summed E-state index contributed by atoms with van der Waals surface area (Å²) in [6.45, 7) is 7.18. The minimum atomic E-state index is -3.45. The van der Waals surface area contributed by atoms with Gasteiger partial charge in [0.25, 0.3) is 0 Å². The van der Waals surface area contributed by atoms with Crippen molar-refractivity contribution in [1.82, 2.24) is 0 Å². The van der Waals surface area contributed by atoms with Crippen molar-refractivity contribution >= 4 is 27.3 Å². The van der Waals surface area contributed by atoms with Crippen LogP contribution in [0.5, 0.6) is 0 Å². The van der Waals surface area contributed by atoms with Gasteiger partial charge in [0.2, 0.25) is 10.0 Å². The second kappa shape index (κ2) is 7.23. The molecule has 0 saturated carbocycles. The fourth-order valence-corrected chi connectivity index (χ4v) is 4.45. The molecule has 1 aliphatic carbocycles. The predicted molar refractivity (Wildman–Crippen MR) is 101 cm³/mol. The first-order valence-corrected chi connectivity index (χ1v) is 10.4. The van der Waals surface area contributed by atoms with Crippen LogP contribution in [0.4, 0.5) is 5.69 Å². The van der Waals surface area contributed by atoms with Crippen molar-refractivity contribution < 1.29 is 23.1 Å². The predicted octanol–water partition coefficient (Wildman–Crippen LogP) is 3.22. The van der Waals surface area contributed by atoms with Crippen molar-refractivity contribution in [3.05, 3.63) is 39.7 Å².